The van der Waals surface area contributed by atoms with Gasteiger partial charge in [-0.2, -0.15) is 4.72 Å². The summed E-state index contributed by atoms with van der Waals surface area (Å²) in [6.07, 6.45) is 0. The van der Waals surface area contributed by atoms with Gasteiger partial charge in [-0.1, -0.05) is 6.07 Å². The summed E-state index contributed by atoms with van der Waals surface area (Å²) in [6, 6.07) is 4.47. The highest BCUT2D eigenvalue weighted by Crippen LogP contribution is 2.36. The second-order valence-electron chi connectivity index (χ2n) is 5.14. The van der Waals surface area contributed by atoms with Gasteiger partial charge in [0.15, 0.2) is 0 Å². The van der Waals surface area contributed by atoms with Crippen molar-refractivity contribution in [2.45, 2.75) is 16.7 Å². The number of benzene rings is 1. The molecule has 1 aromatic carbocycles. The highest BCUT2D eigenvalue weighted by atomic mass is 32.2. The molecule has 4 nitrogen and oxygen atoms in total. The van der Waals surface area contributed by atoms with E-state index in [-0.39, 0.29) is 17.4 Å². The number of hydrogen-bond acceptors (Lipinski definition) is 4. The normalized spacial score (nSPS) is 17.9. The van der Waals surface area contributed by atoms with Gasteiger partial charge in [0, 0.05) is 10.1 Å². The van der Waals surface area contributed by atoms with E-state index in [2.05, 4.69) is 4.72 Å². The molecule has 1 aliphatic heterocycles. The van der Waals surface area contributed by atoms with Gasteiger partial charge in [-0.25, -0.2) is 17.2 Å². The van der Waals surface area contributed by atoms with Crippen LogP contribution in [0.25, 0.3) is 10.1 Å². The maximum Gasteiger partial charge on any atom is 0.251 e. The number of rotatable bonds is 4. The van der Waals surface area contributed by atoms with Crippen molar-refractivity contribution >= 4 is 31.4 Å². The molecule has 0 bridgehead atoms. The zero-order chi connectivity index (χ0) is 15.3. The lowest BCUT2D eigenvalue weighted by molar-refractivity contribution is -0.0725. The van der Waals surface area contributed by atoms with Crippen molar-refractivity contribution in [1.82, 2.24) is 4.72 Å². The molecule has 1 fully saturated rings. The molecule has 0 atom stereocenters. The Kier molecular flexibility index (Phi) is 3.52. The highest BCUT2D eigenvalue weighted by molar-refractivity contribution is 7.91. The molecule has 2 aromatic rings. The van der Waals surface area contributed by atoms with Crippen LogP contribution in [0.2, 0.25) is 0 Å². The van der Waals surface area contributed by atoms with Crippen molar-refractivity contribution in [1.29, 1.82) is 0 Å². The van der Waals surface area contributed by atoms with Crippen LogP contribution in [0.5, 0.6) is 0 Å². The van der Waals surface area contributed by atoms with Crippen LogP contribution in [0.3, 0.4) is 0 Å². The van der Waals surface area contributed by atoms with Gasteiger partial charge in [0.1, 0.15) is 22.2 Å². The summed E-state index contributed by atoms with van der Waals surface area (Å²) < 4.78 is 59.6. The molecular formula is C13H13F2NO3S2. The molecule has 0 unspecified atom stereocenters. The first-order valence-corrected chi connectivity index (χ1v) is 8.54. The number of fused-ring (bicyclic) bond motifs is 1. The average Bonchev–Trinajstić information content (AvgIpc) is 2.74. The lowest BCUT2D eigenvalue weighted by atomic mass is 10.0. The molecule has 1 N–H and O–H groups in total. The molecule has 0 radical (unpaired) electrons. The summed E-state index contributed by atoms with van der Waals surface area (Å²) in [5, 5.41) is 0.294. The lowest BCUT2D eigenvalue weighted by Gasteiger charge is -2.39. The third kappa shape index (κ3) is 2.36. The second kappa shape index (κ2) is 4.98. The van der Waals surface area contributed by atoms with E-state index >= 15 is 0 Å². The molecule has 0 amide bonds. The predicted octanol–water partition coefficient (Wildman–Crippen LogP) is 2.37. The van der Waals surface area contributed by atoms with Crippen LogP contribution in [0.1, 0.15) is 5.56 Å². The molecule has 0 aliphatic carbocycles. The minimum Gasteiger partial charge on any atom is -0.377 e. The van der Waals surface area contributed by atoms with Crippen molar-refractivity contribution in [2.75, 3.05) is 19.9 Å². The molecule has 3 rings (SSSR count). The van der Waals surface area contributed by atoms with Crippen LogP contribution >= 0.6 is 11.3 Å². The Morgan fingerprint density at radius 1 is 1.43 bits per heavy atom. The van der Waals surface area contributed by atoms with Crippen LogP contribution in [-0.2, 0) is 14.8 Å². The standard InChI is InChI=1S/C13H13F2NO3S2/c1-8-11-9(15)3-2-4-10(11)20-12(8)21(17,18)16-13(5-14)6-19-7-13/h2-4,16H,5-7H2,1H3. The molecule has 1 aliphatic rings. The molecular weight excluding hydrogens is 320 g/mol. The van der Waals surface area contributed by atoms with Crippen LogP contribution in [-0.4, -0.2) is 33.8 Å². The van der Waals surface area contributed by atoms with E-state index in [0.29, 0.717) is 15.6 Å². The van der Waals surface area contributed by atoms with Gasteiger partial charge >= 0.3 is 0 Å². The Bertz CT molecular complexity index is 792. The fourth-order valence-electron chi connectivity index (χ4n) is 2.33. The quantitative estimate of drug-likeness (QED) is 0.934. The van der Waals surface area contributed by atoms with Gasteiger partial charge in [0.2, 0.25) is 0 Å². The Labute approximate surface area is 124 Å². The Morgan fingerprint density at radius 3 is 2.67 bits per heavy atom. The van der Waals surface area contributed by atoms with Crippen molar-refractivity contribution < 1.29 is 21.9 Å². The minimum absolute atomic E-state index is 0.00103. The SMILES string of the molecule is Cc1c(S(=O)(=O)NC2(CF)COC2)sc2cccc(F)c12. The highest BCUT2D eigenvalue weighted by Gasteiger charge is 2.43. The monoisotopic (exact) mass is 333 g/mol. The number of nitrogens with one attached hydrogen (secondary N) is 1. The fourth-order valence-corrected chi connectivity index (χ4v) is 5.46. The molecule has 8 heteroatoms. The predicted molar refractivity (Wildman–Crippen MR) is 76.4 cm³/mol. The van der Waals surface area contributed by atoms with E-state index in [0.717, 1.165) is 11.3 Å². The lowest BCUT2D eigenvalue weighted by Crippen LogP contribution is -2.63. The van der Waals surface area contributed by atoms with E-state index in [1.54, 1.807) is 13.0 Å². The third-order valence-electron chi connectivity index (χ3n) is 3.47. The van der Waals surface area contributed by atoms with Crippen LogP contribution < -0.4 is 4.72 Å². The molecule has 1 aromatic heterocycles. The van der Waals surface area contributed by atoms with E-state index in [4.69, 9.17) is 4.74 Å². The first kappa shape index (κ1) is 14.8. The smallest absolute Gasteiger partial charge is 0.251 e. The zero-order valence-electron chi connectivity index (χ0n) is 11.2. The molecule has 0 saturated carbocycles. The van der Waals surface area contributed by atoms with Gasteiger partial charge in [-0.15, -0.1) is 11.3 Å². The number of thiophene rings is 1. The van der Waals surface area contributed by atoms with Crippen molar-refractivity contribution in [3.63, 3.8) is 0 Å². The topological polar surface area (TPSA) is 55.4 Å². The van der Waals surface area contributed by atoms with Crippen LogP contribution in [0.15, 0.2) is 22.4 Å². The second-order valence-corrected chi connectivity index (χ2v) is 8.07. The summed E-state index contributed by atoms with van der Waals surface area (Å²) in [5.74, 6) is -0.463. The van der Waals surface area contributed by atoms with E-state index in [9.17, 15) is 17.2 Å². The van der Waals surface area contributed by atoms with E-state index in [1.165, 1.54) is 12.1 Å². The number of aryl methyl sites for hydroxylation is 1. The van der Waals surface area contributed by atoms with E-state index in [1.807, 2.05) is 0 Å². The minimum atomic E-state index is -3.92. The van der Waals surface area contributed by atoms with Crippen LogP contribution in [0, 0.1) is 12.7 Å². The molecule has 114 valence electrons. The van der Waals surface area contributed by atoms with Crippen molar-refractivity contribution in [3.05, 3.63) is 29.6 Å². The maximum absolute atomic E-state index is 13.8. The Morgan fingerprint density at radius 2 is 2.14 bits per heavy atom. The summed E-state index contributed by atoms with van der Waals surface area (Å²) in [6.45, 7) is 0.711. The van der Waals surface area contributed by atoms with Gasteiger partial charge in [-0.05, 0) is 24.6 Å². The zero-order valence-corrected chi connectivity index (χ0v) is 12.8. The summed E-state index contributed by atoms with van der Waals surface area (Å²) in [7, 11) is -3.92. The summed E-state index contributed by atoms with van der Waals surface area (Å²) in [5.41, 5.74) is -0.852. The van der Waals surface area contributed by atoms with Gasteiger partial charge in [0.25, 0.3) is 10.0 Å². The van der Waals surface area contributed by atoms with Crippen LogP contribution in [0.4, 0.5) is 8.78 Å². The molecule has 21 heavy (non-hydrogen) atoms. The van der Waals surface area contributed by atoms with Gasteiger partial charge < -0.3 is 4.74 Å². The third-order valence-corrected chi connectivity index (χ3v) is 6.92. The Hall–Kier alpha value is -1.09. The largest absolute Gasteiger partial charge is 0.377 e. The van der Waals surface area contributed by atoms with E-state index < -0.39 is 28.1 Å². The fraction of sp³-hybridized carbons (Fsp3) is 0.385. The summed E-state index contributed by atoms with van der Waals surface area (Å²) in [4.78, 5) is 0. The number of sulfonamides is 1. The summed E-state index contributed by atoms with van der Waals surface area (Å²) >= 11 is 0.977. The molecule has 1 saturated heterocycles. The van der Waals surface area contributed by atoms with Gasteiger partial charge in [-0.3, -0.25) is 0 Å². The first-order valence-electron chi connectivity index (χ1n) is 6.24. The van der Waals surface area contributed by atoms with Crippen molar-refractivity contribution in [2.24, 2.45) is 0 Å². The Balaban J connectivity index is 2.07. The number of halogens is 2. The number of ether oxygens (including phenoxy) is 1. The number of hydrogen-bond donors (Lipinski definition) is 1. The first-order chi connectivity index (χ1) is 9.88. The average molecular weight is 333 g/mol. The molecule has 0 spiro atoms. The van der Waals surface area contributed by atoms with Gasteiger partial charge in [0.05, 0.1) is 13.2 Å². The maximum atomic E-state index is 13.8. The van der Waals surface area contributed by atoms with Crippen molar-refractivity contribution in [3.8, 4) is 0 Å². The number of alkyl halides is 1. The molecule has 2 heterocycles.